The third-order valence-corrected chi connectivity index (χ3v) is 3.22. The van der Waals surface area contributed by atoms with Crippen LogP contribution in [0, 0.1) is 5.92 Å². The fourth-order valence-corrected chi connectivity index (χ4v) is 1.94. The summed E-state index contributed by atoms with van der Waals surface area (Å²) in [5, 5.41) is 12.0. The molecule has 0 radical (unpaired) electrons. The average molecular weight is 226 g/mol. The Morgan fingerprint density at radius 3 is 2.81 bits per heavy atom. The highest BCUT2D eigenvalue weighted by Crippen LogP contribution is 2.27. The first kappa shape index (κ1) is 13.2. The van der Waals surface area contributed by atoms with Crippen LogP contribution in [0.3, 0.4) is 0 Å². The lowest BCUT2D eigenvalue weighted by atomic mass is 9.82. The van der Waals surface area contributed by atoms with Gasteiger partial charge < -0.3 is 10.4 Å². The van der Waals surface area contributed by atoms with Gasteiger partial charge in [-0.05, 0) is 32.7 Å². The van der Waals surface area contributed by atoms with E-state index in [1.54, 1.807) is 6.08 Å². The van der Waals surface area contributed by atoms with E-state index in [2.05, 4.69) is 11.9 Å². The number of aliphatic hydroxyl groups is 1. The van der Waals surface area contributed by atoms with Crippen LogP contribution in [0.25, 0.3) is 0 Å². The van der Waals surface area contributed by atoms with Crippen LogP contribution in [0.4, 0.5) is 0 Å². The van der Waals surface area contributed by atoms with E-state index in [0.29, 0.717) is 12.5 Å². The van der Waals surface area contributed by atoms with Crippen molar-refractivity contribution in [2.45, 2.75) is 31.9 Å². The molecule has 0 heterocycles. The molecule has 0 spiro atoms. The van der Waals surface area contributed by atoms with Crippen LogP contribution in [0.1, 0.15) is 19.8 Å². The summed E-state index contributed by atoms with van der Waals surface area (Å²) in [6, 6.07) is -0.127. The maximum absolute atomic E-state index is 11.6. The van der Waals surface area contributed by atoms with Gasteiger partial charge in [0, 0.05) is 13.1 Å². The van der Waals surface area contributed by atoms with Crippen LogP contribution in [0.2, 0.25) is 0 Å². The average Bonchev–Trinajstić information content (AvgIpc) is 2.22. The highest BCUT2D eigenvalue weighted by atomic mass is 16.3. The van der Waals surface area contributed by atoms with Crippen molar-refractivity contribution >= 4 is 5.91 Å². The topological polar surface area (TPSA) is 52.6 Å². The Balaban J connectivity index is 2.26. The SMILES string of the molecule is C=CCNC(=O)C(C)N(C)CC1CC(O)C1. The summed E-state index contributed by atoms with van der Waals surface area (Å²) in [7, 11) is 1.95. The van der Waals surface area contributed by atoms with Crippen molar-refractivity contribution in [3.8, 4) is 0 Å². The number of rotatable bonds is 6. The minimum atomic E-state index is -0.127. The van der Waals surface area contributed by atoms with Gasteiger partial charge >= 0.3 is 0 Å². The molecule has 0 aliphatic heterocycles. The van der Waals surface area contributed by atoms with Gasteiger partial charge in [0.2, 0.25) is 5.91 Å². The van der Waals surface area contributed by atoms with E-state index in [4.69, 9.17) is 0 Å². The Hall–Kier alpha value is -0.870. The quantitative estimate of drug-likeness (QED) is 0.644. The molecule has 0 aromatic rings. The third kappa shape index (κ3) is 3.61. The maximum Gasteiger partial charge on any atom is 0.237 e. The molecule has 1 atom stereocenters. The van der Waals surface area contributed by atoms with Gasteiger partial charge in [-0.25, -0.2) is 0 Å². The summed E-state index contributed by atoms with van der Waals surface area (Å²) in [6.45, 7) is 6.84. The zero-order valence-electron chi connectivity index (χ0n) is 10.1. The van der Waals surface area contributed by atoms with Gasteiger partial charge in [0.15, 0.2) is 0 Å². The van der Waals surface area contributed by atoms with E-state index < -0.39 is 0 Å². The normalized spacial score (nSPS) is 26.0. The van der Waals surface area contributed by atoms with E-state index in [9.17, 15) is 9.90 Å². The molecule has 0 bridgehead atoms. The lowest BCUT2D eigenvalue weighted by molar-refractivity contribution is -0.125. The molecule has 0 aromatic carbocycles. The minimum Gasteiger partial charge on any atom is -0.393 e. The van der Waals surface area contributed by atoms with E-state index in [-0.39, 0.29) is 18.1 Å². The predicted octanol–water partition coefficient (Wildman–Crippen LogP) is 0.380. The Bertz CT molecular complexity index is 249. The van der Waals surface area contributed by atoms with E-state index >= 15 is 0 Å². The van der Waals surface area contributed by atoms with Crippen molar-refractivity contribution in [3.63, 3.8) is 0 Å². The van der Waals surface area contributed by atoms with Crippen molar-refractivity contribution in [2.24, 2.45) is 5.92 Å². The highest BCUT2D eigenvalue weighted by molar-refractivity contribution is 5.81. The first-order chi connectivity index (χ1) is 7.54. The minimum absolute atomic E-state index is 0.0299. The van der Waals surface area contributed by atoms with Crippen LogP contribution in [0.15, 0.2) is 12.7 Å². The number of amides is 1. The molecular weight excluding hydrogens is 204 g/mol. The largest absolute Gasteiger partial charge is 0.393 e. The highest BCUT2D eigenvalue weighted by Gasteiger charge is 2.29. The summed E-state index contributed by atoms with van der Waals surface area (Å²) in [5.41, 5.74) is 0. The van der Waals surface area contributed by atoms with Gasteiger partial charge in [-0.15, -0.1) is 6.58 Å². The smallest absolute Gasteiger partial charge is 0.237 e. The molecule has 1 aliphatic rings. The number of hydrogen-bond acceptors (Lipinski definition) is 3. The van der Waals surface area contributed by atoms with Gasteiger partial charge in [-0.2, -0.15) is 0 Å². The molecule has 1 aliphatic carbocycles. The predicted molar refractivity (Wildman–Crippen MR) is 64.0 cm³/mol. The molecule has 1 saturated carbocycles. The number of likely N-dealkylation sites (N-methyl/N-ethyl adjacent to an activating group) is 1. The molecule has 4 heteroatoms. The number of carbonyl (C=O) groups is 1. The third-order valence-electron chi connectivity index (χ3n) is 3.22. The number of nitrogens with zero attached hydrogens (tertiary/aromatic N) is 1. The van der Waals surface area contributed by atoms with Crippen LogP contribution in [0.5, 0.6) is 0 Å². The zero-order chi connectivity index (χ0) is 12.1. The fraction of sp³-hybridized carbons (Fsp3) is 0.750. The number of carbonyl (C=O) groups excluding carboxylic acids is 1. The fourth-order valence-electron chi connectivity index (χ4n) is 1.94. The van der Waals surface area contributed by atoms with Crippen molar-refractivity contribution in [1.29, 1.82) is 0 Å². The van der Waals surface area contributed by atoms with Crippen molar-refractivity contribution in [1.82, 2.24) is 10.2 Å². The van der Waals surface area contributed by atoms with Gasteiger partial charge in [-0.3, -0.25) is 9.69 Å². The van der Waals surface area contributed by atoms with E-state index in [0.717, 1.165) is 19.4 Å². The number of hydrogen-bond donors (Lipinski definition) is 2. The molecule has 1 amide bonds. The molecule has 0 aromatic heterocycles. The Kier molecular flexibility index (Phi) is 4.96. The lowest BCUT2D eigenvalue weighted by Gasteiger charge is -2.36. The summed E-state index contributed by atoms with van der Waals surface area (Å²) in [6.07, 6.45) is 3.28. The van der Waals surface area contributed by atoms with Crippen molar-refractivity contribution in [2.75, 3.05) is 20.1 Å². The Morgan fingerprint density at radius 1 is 1.69 bits per heavy atom. The lowest BCUT2D eigenvalue weighted by Crippen LogP contribution is -2.47. The monoisotopic (exact) mass is 226 g/mol. The first-order valence-corrected chi connectivity index (χ1v) is 5.81. The summed E-state index contributed by atoms with van der Waals surface area (Å²) < 4.78 is 0. The van der Waals surface area contributed by atoms with Crippen LogP contribution >= 0.6 is 0 Å². The van der Waals surface area contributed by atoms with E-state index in [1.165, 1.54) is 0 Å². The van der Waals surface area contributed by atoms with Crippen molar-refractivity contribution < 1.29 is 9.90 Å². The molecule has 1 fully saturated rings. The second kappa shape index (κ2) is 6.01. The van der Waals surface area contributed by atoms with Gasteiger partial charge in [0.25, 0.3) is 0 Å². The van der Waals surface area contributed by atoms with E-state index in [1.807, 2.05) is 18.9 Å². The van der Waals surface area contributed by atoms with Crippen LogP contribution in [-0.4, -0.2) is 48.2 Å². The standard InChI is InChI=1S/C12H22N2O2/c1-4-5-13-12(16)9(2)14(3)8-10-6-11(15)7-10/h4,9-11,15H,1,5-8H2,2-3H3,(H,13,16). The maximum atomic E-state index is 11.6. The molecular formula is C12H22N2O2. The molecule has 16 heavy (non-hydrogen) atoms. The van der Waals surface area contributed by atoms with Gasteiger partial charge in [-0.1, -0.05) is 6.08 Å². The first-order valence-electron chi connectivity index (χ1n) is 5.81. The summed E-state index contributed by atoms with van der Waals surface area (Å²) >= 11 is 0. The van der Waals surface area contributed by atoms with Crippen LogP contribution < -0.4 is 5.32 Å². The van der Waals surface area contributed by atoms with Gasteiger partial charge in [0.1, 0.15) is 0 Å². The van der Waals surface area contributed by atoms with Gasteiger partial charge in [0.05, 0.1) is 12.1 Å². The Labute approximate surface area is 97.3 Å². The molecule has 1 unspecified atom stereocenters. The Morgan fingerprint density at radius 2 is 2.31 bits per heavy atom. The molecule has 92 valence electrons. The van der Waals surface area contributed by atoms with Crippen LogP contribution in [-0.2, 0) is 4.79 Å². The molecule has 4 nitrogen and oxygen atoms in total. The zero-order valence-corrected chi connectivity index (χ0v) is 10.1. The second-order valence-corrected chi connectivity index (χ2v) is 4.64. The molecule has 0 saturated heterocycles. The number of nitrogens with one attached hydrogen (secondary N) is 1. The second-order valence-electron chi connectivity index (χ2n) is 4.64. The number of aliphatic hydroxyl groups excluding tert-OH is 1. The molecule has 2 N–H and O–H groups in total. The molecule has 1 rings (SSSR count). The summed E-state index contributed by atoms with van der Waals surface area (Å²) in [5.74, 6) is 0.567. The summed E-state index contributed by atoms with van der Waals surface area (Å²) in [4.78, 5) is 13.7. The van der Waals surface area contributed by atoms with Crippen molar-refractivity contribution in [3.05, 3.63) is 12.7 Å².